The first-order valence-corrected chi connectivity index (χ1v) is 8.28. The zero-order valence-electron chi connectivity index (χ0n) is 11.6. The van der Waals surface area contributed by atoms with Crippen molar-refractivity contribution in [2.24, 2.45) is 0 Å². The number of benzene rings is 1. The molecule has 1 aliphatic rings. The summed E-state index contributed by atoms with van der Waals surface area (Å²) in [6.45, 7) is 1.27. The monoisotopic (exact) mass is 282 g/mol. The van der Waals surface area contributed by atoms with Crippen LogP contribution in [-0.2, 0) is 15.8 Å². The van der Waals surface area contributed by atoms with E-state index in [9.17, 15) is 8.42 Å². The van der Waals surface area contributed by atoms with E-state index in [2.05, 4.69) is 19.0 Å². The maximum Gasteiger partial charge on any atom is 0.218 e. The number of sulfonamides is 1. The maximum absolute atomic E-state index is 12.3. The van der Waals surface area contributed by atoms with Crippen molar-refractivity contribution in [1.82, 2.24) is 9.21 Å². The molecule has 0 aromatic heterocycles. The summed E-state index contributed by atoms with van der Waals surface area (Å²) in [5.74, 6) is 0.112. The van der Waals surface area contributed by atoms with Crippen LogP contribution < -0.4 is 0 Å². The molecule has 5 heteroatoms. The molecule has 0 radical (unpaired) electrons. The Morgan fingerprint density at radius 3 is 2.26 bits per heavy atom. The van der Waals surface area contributed by atoms with E-state index in [1.165, 1.54) is 0 Å². The van der Waals surface area contributed by atoms with E-state index in [-0.39, 0.29) is 5.75 Å². The van der Waals surface area contributed by atoms with Crippen LogP contribution in [0.25, 0.3) is 0 Å². The van der Waals surface area contributed by atoms with Crippen LogP contribution in [-0.4, -0.2) is 50.8 Å². The molecule has 1 fully saturated rings. The number of nitrogens with zero attached hydrogens (tertiary/aromatic N) is 2. The number of hydrogen-bond acceptors (Lipinski definition) is 3. The van der Waals surface area contributed by atoms with Gasteiger partial charge in [-0.15, -0.1) is 0 Å². The quantitative estimate of drug-likeness (QED) is 0.841. The average molecular weight is 282 g/mol. The van der Waals surface area contributed by atoms with Gasteiger partial charge in [0.1, 0.15) is 0 Å². The van der Waals surface area contributed by atoms with Gasteiger partial charge in [-0.2, -0.15) is 0 Å². The lowest BCUT2D eigenvalue weighted by atomic mass is 10.1. The maximum atomic E-state index is 12.3. The van der Waals surface area contributed by atoms with E-state index < -0.39 is 10.0 Å². The summed E-state index contributed by atoms with van der Waals surface area (Å²) >= 11 is 0. The second-order valence-electron chi connectivity index (χ2n) is 5.34. The Labute approximate surface area is 116 Å². The van der Waals surface area contributed by atoms with Crippen molar-refractivity contribution in [2.75, 3.05) is 27.2 Å². The minimum Gasteiger partial charge on any atom is -0.306 e. The molecule has 1 heterocycles. The Morgan fingerprint density at radius 2 is 1.74 bits per heavy atom. The Morgan fingerprint density at radius 1 is 1.16 bits per heavy atom. The smallest absolute Gasteiger partial charge is 0.218 e. The highest BCUT2D eigenvalue weighted by molar-refractivity contribution is 7.88. The van der Waals surface area contributed by atoms with Crippen LogP contribution in [0.3, 0.4) is 0 Å². The van der Waals surface area contributed by atoms with Gasteiger partial charge in [0.2, 0.25) is 10.0 Å². The molecular formula is C14H22N2O2S. The van der Waals surface area contributed by atoms with Gasteiger partial charge in [-0.05, 0) is 32.5 Å². The normalized spacial score (nSPS) is 18.9. The molecule has 2 rings (SSSR count). The van der Waals surface area contributed by atoms with Crippen LogP contribution in [0, 0.1) is 0 Å². The summed E-state index contributed by atoms with van der Waals surface area (Å²) in [7, 11) is 0.938. The first-order chi connectivity index (χ1) is 8.99. The zero-order valence-corrected chi connectivity index (χ0v) is 12.4. The molecule has 0 unspecified atom stereocenters. The number of hydrogen-bond donors (Lipinski definition) is 0. The molecule has 1 saturated heterocycles. The standard InChI is InChI=1S/C14H22N2O2S/c1-15(2)14-8-10-16(11-9-14)19(17,18)12-13-6-4-3-5-7-13/h3-7,14H,8-12H2,1-2H3. The van der Waals surface area contributed by atoms with Gasteiger partial charge < -0.3 is 4.90 Å². The number of piperidine rings is 1. The molecule has 0 amide bonds. The van der Waals surface area contributed by atoms with E-state index >= 15 is 0 Å². The molecule has 106 valence electrons. The van der Waals surface area contributed by atoms with Crippen LogP contribution in [0.15, 0.2) is 30.3 Å². The van der Waals surface area contributed by atoms with Gasteiger partial charge in [-0.25, -0.2) is 12.7 Å². The Balaban J connectivity index is 1.98. The Bertz CT molecular complexity index is 491. The van der Waals surface area contributed by atoms with Gasteiger partial charge in [0.05, 0.1) is 5.75 Å². The largest absolute Gasteiger partial charge is 0.306 e. The predicted octanol–water partition coefficient (Wildman–Crippen LogP) is 1.54. The van der Waals surface area contributed by atoms with E-state index in [4.69, 9.17) is 0 Å². The second-order valence-corrected chi connectivity index (χ2v) is 7.30. The molecule has 0 aliphatic carbocycles. The van der Waals surface area contributed by atoms with E-state index in [1.54, 1.807) is 4.31 Å². The minimum absolute atomic E-state index is 0.112. The van der Waals surface area contributed by atoms with Crippen LogP contribution in [0.5, 0.6) is 0 Å². The lowest BCUT2D eigenvalue weighted by Gasteiger charge is -2.34. The molecule has 0 bridgehead atoms. The first kappa shape index (κ1) is 14.5. The molecule has 0 N–H and O–H groups in total. The summed E-state index contributed by atoms with van der Waals surface area (Å²) < 4.78 is 26.3. The van der Waals surface area contributed by atoms with Gasteiger partial charge >= 0.3 is 0 Å². The molecular weight excluding hydrogens is 260 g/mol. The van der Waals surface area contributed by atoms with Crippen LogP contribution in [0.4, 0.5) is 0 Å². The minimum atomic E-state index is -3.17. The van der Waals surface area contributed by atoms with Gasteiger partial charge in [-0.1, -0.05) is 30.3 Å². The fourth-order valence-corrected chi connectivity index (χ4v) is 4.08. The third kappa shape index (κ3) is 3.78. The molecule has 1 aromatic carbocycles. The Kier molecular flexibility index (Phi) is 4.60. The third-order valence-electron chi connectivity index (χ3n) is 3.74. The highest BCUT2D eigenvalue weighted by Crippen LogP contribution is 2.19. The number of rotatable bonds is 4. The summed E-state index contributed by atoms with van der Waals surface area (Å²) in [5.41, 5.74) is 0.859. The molecule has 19 heavy (non-hydrogen) atoms. The molecule has 4 nitrogen and oxygen atoms in total. The highest BCUT2D eigenvalue weighted by Gasteiger charge is 2.28. The molecule has 0 spiro atoms. The SMILES string of the molecule is CN(C)C1CCN(S(=O)(=O)Cc2ccccc2)CC1. The predicted molar refractivity (Wildman–Crippen MR) is 77.3 cm³/mol. The fourth-order valence-electron chi connectivity index (χ4n) is 2.51. The van der Waals surface area contributed by atoms with Crippen molar-refractivity contribution < 1.29 is 8.42 Å². The van der Waals surface area contributed by atoms with Gasteiger partial charge in [0.15, 0.2) is 0 Å². The van der Waals surface area contributed by atoms with Crippen molar-refractivity contribution in [3.8, 4) is 0 Å². The highest BCUT2D eigenvalue weighted by atomic mass is 32.2. The Hall–Kier alpha value is -0.910. The summed E-state index contributed by atoms with van der Waals surface area (Å²) in [6.07, 6.45) is 1.84. The lowest BCUT2D eigenvalue weighted by Crippen LogP contribution is -2.44. The average Bonchev–Trinajstić information content (AvgIpc) is 2.39. The molecule has 1 aromatic rings. The zero-order chi connectivity index (χ0) is 13.9. The van der Waals surface area contributed by atoms with E-state index in [0.29, 0.717) is 19.1 Å². The second kappa shape index (κ2) is 6.03. The van der Waals surface area contributed by atoms with Crippen molar-refractivity contribution in [2.45, 2.75) is 24.6 Å². The van der Waals surface area contributed by atoms with Crippen LogP contribution in [0.1, 0.15) is 18.4 Å². The topological polar surface area (TPSA) is 40.6 Å². The van der Waals surface area contributed by atoms with Crippen molar-refractivity contribution in [3.63, 3.8) is 0 Å². The van der Waals surface area contributed by atoms with Crippen LogP contribution in [0.2, 0.25) is 0 Å². The summed E-state index contributed by atoms with van der Waals surface area (Å²) in [4.78, 5) is 2.18. The van der Waals surface area contributed by atoms with Crippen molar-refractivity contribution in [3.05, 3.63) is 35.9 Å². The third-order valence-corrected chi connectivity index (χ3v) is 5.59. The van der Waals surface area contributed by atoms with E-state index in [1.807, 2.05) is 30.3 Å². The van der Waals surface area contributed by atoms with Crippen molar-refractivity contribution in [1.29, 1.82) is 0 Å². The molecule has 0 saturated carbocycles. The van der Waals surface area contributed by atoms with Gasteiger partial charge in [0, 0.05) is 19.1 Å². The van der Waals surface area contributed by atoms with Gasteiger partial charge in [-0.3, -0.25) is 0 Å². The first-order valence-electron chi connectivity index (χ1n) is 6.67. The lowest BCUT2D eigenvalue weighted by molar-refractivity contribution is 0.196. The van der Waals surface area contributed by atoms with Crippen molar-refractivity contribution >= 4 is 10.0 Å². The summed E-state index contributed by atoms with van der Waals surface area (Å²) in [6, 6.07) is 9.89. The molecule has 0 atom stereocenters. The van der Waals surface area contributed by atoms with Gasteiger partial charge in [0.25, 0.3) is 0 Å². The van der Waals surface area contributed by atoms with Crippen LogP contribution >= 0.6 is 0 Å². The molecule has 1 aliphatic heterocycles. The fraction of sp³-hybridized carbons (Fsp3) is 0.571. The summed E-state index contributed by atoms with van der Waals surface area (Å²) in [5, 5.41) is 0. The van der Waals surface area contributed by atoms with E-state index in [0.717, 1.165) is 18.4 Å².